The van der Waals surface area contributed by atoms with Crippen molar-refractivity contribution in [3.63, 3.8) is 0 Å². The van der Waals surface area contributed by atoms with Gasteiger partial charge in [-0.1, -0.05) is 18.2 Å². The van der Waals surface area contributed by atoms with Gasteiger partial charge in [0.05, 0.1) is 0 Å². The lowest BCUT2D eigenvalue weighted by atomic mass is 10.1. The Morgan fingerprint density at radius 1 is 1.43 bits per heavy atom. The molecule has 1 N–H and O–H groups in total. The molecule has 1 aliphatic heterocycles. The van der Waals surface area contributed by atoms with Crippen molar-refractivity contribution in [1.82, 2.24) is 15.2 Å². The smallest absolute Gasteiger partial charge is 0.245 e. The van der Waals surface area contributed by atoms with Crippen LogP contribution in [0, 0.1) is 5.92 Å². The molecule has 2 aromatic rings. The highest BCUT2D eigenvalue weighted by atomic mass is 16.5. The second-order valence-electron chi connectivity index (χ2n) is 6.14. The maximum absolute atomic E-state index is 11.5. The standard InChI is InChI=1S/C18H23N3O2/c1-23-13-18(22)20-9-14-6-8-21(11-14)12-16-4-2-3-15-10-19-7-5-17(15)16/h2-5,7,10,14H,6,8-9,11-13H2,1H3,(H,20,22). The summed E-state index contributed by atoms with van der Waals surface area (Å²) in [4.78, 5) is 18.1. The Balaban J connectivity index is 1.56. The van der Waals surface area contributed by atoms with E-state index in [1.54, 1.807) is 0 Å². The number of methoxy groups -OCH3 is 1. The van der Waals surface area contributed by atoms with Crippen LogP contribution in [-0.4, -0.2) is 49.1 Å². The summed E-state index contributed by atoms with van der Waals surface area (Å²) in [7, 11) is 1.54. The number of aromatic nitrogens is 1. The number of rotatable bonds is 6. The molecule has 0 bridgehead atoms. The zero-order valence-electron chi connectivity index (χ0n) is 13.5. The first-order valence-corrected chi connectivity index (χ1v) is 8.06. The molecule has 2 heterocycles. The summed E-state index contributed by atoms with van der Waals surface area (Å²) >= 11 is 0. The van der Waals surface area contributed by atoms with Crippen molar-refractivity contribution in [2.45, 2.75) is 13.0 Å². The number of nitrogens with one attached hydrogen (secondary N) is 1. The van der Waals surface area contributed by atoms with E-state index >= 15 is 0 Å². The summed E-state index contributed by atoms with van der Waals surface area (Å²) in [5, 5.41) is 5.41. The minimum Gasteiger partial charge on any atom is -0.375 e. The van der Waals surface area contributed by atoms with Crippen molar-refractivity contribution >= 4 is 16.7 Å². The minimum atomic E-state index is -0.0347. The first kappa shape index (κ1) is 15.9. The highest BCUT2D eigenvalue weighted by molar-refractivity contribution is 5.84. The summed E-state index contributed by atoms with van der Waals surface area (Å²) in [6, 6.07) is 8.47. The third-order valence-corrected chi connectivity index (χ3v) is 4.40. The number of carbonyl (C=O) groups excluding carboxylic acids is 1. The number of fused-ring (bicyclic) bond motifs is 1. The molecule has 1 aromatic carbocycles. The number of ether oxygens (including phenoxy) is 1. The summed E-state index contributed by atoms with van der Waals surface area (Å²) in [5.41, 5.74) is 1.34. The summed E-state index contributed by atoms with van der Waals surface area (Å²) < 4.78 is 4.83. The van der Waals surface area contributed by atoms with Crippen LogP contribution in [-0.2, 0) is 16.1 Å². The third-order valence-electron chi connectivity index (χ3n) is 4.40. The average Bonchev–Trinajstić information content (AvgIpc) is 3.01. The van der Waals surface area contributed by atoms with Gasteiger partial charge in [0.25, 0.3) is 0 Å². The maximum Gasteiger partial charge on any atom is 0.245 e. The van der Waals surface area contributed by atoms with Gasteiger partial charge >= 0.3 is 0 Å². The van der Waals surface area contributed by atoms with Gasteiger partial charge in [0.2, 0.25) is 5.91 Å². The lowest BCUT2D eigenvalue weighted by molar-refractivity contribution is -0.124. The SMILES string of the molecule is COCC(=O)NCC1CCN(Cc2cccc3cnccc23)C1. The van der Waals surface area contributed by atoms with Gasteiger partial charge in [0.1, 0.15) is 6.61 Å². The molecule has 0 saturated carbocycles. The zero-order chi connectivity index (χ0) is 16.1. The number of amides is 1. The van der Waals surface area contributed by atoms with Crippen LogP contribution < -0.4 is 5.32 Å². The molecule has 3 rings (SSSR count). The lowest BCUT2D eigenvalue weighted by Gasteiger charge is -2.17. The van der Waals surface area contributed by atoms with Crippen molar-refractivity contribution in [2.75, 3.05) is 33.4 Å². The van der Waals surface area contributed by atoms with Crippen LogP contribution >= 0.6 is 0 Å². The van der Waals surface area contributed by atoms with E-state index in [0.717, 1.165) is 32.6 Å². The average molecular weight is 313 g/mol. The molecule has 0 radical (unpaired) electrons. The van der Waals surface area contributed by atoms with Crippen molar-refractivity contribution in [2.24, 2.45) is 5.92 Å². The lowest BCUT2D eigenvalue weighted by Crippen LogP contribution is -2.33. The molecular weight excluding hydrogens is 290 g/mol. The molecule has 1 atom stereocenters. The Hall–Kier alpha value is -1.98. The van der Waals surface area contributed by atoms with Crippen molar-refractivity contribution in [3.8, 4) is 0 Å². The van der Waals surface area contributed by atoms with E-state index in [1.807, 2.05) is 12.4 Å². The Morgan fingerprint density at radius 3 is 3.22 bits per heavy atom. The van der Waals surface area contributed by atoms with Crippen molar-refractivity contribution in [3.05, 3.63) is 42.2 Å². The topological polar surface area (TPSA) is 54.5 Å². The molecule has 23 heavy (non-hydrogen) atoms. The highest BCUT2D eigenvalue weighted by Crippen LogP contribution is 2.22. The predicted molar refractivity (Wildman–Crippen MR) is 90.0 cm³/mol. The van der Waals surface area contributed by atoms with E-state index in [0.29, 0.717) is 5.92 Å². The van der Waals surface area contributed by atoms with Gasteiger partial charge in [0, 0.05) is 44.5 Å². The van der Waals surface area contributed by atoms with Crippen LogP contribution in [0.4, 0.5) is 0 Å². The van der Waals surface area contributed by atoms with E-state index in [2.05, 4.69) is 39.5 Å². The van der Waals surface area contributed by atoms with E-state index in [1.165, 1.54) is 23.4 Å². The molecule has 0 aliphatic carbocycles. The molecule has 5 nitrogen and oxygen atoms in total. The van der Waals surface area contributed by atoms with Crippen LogP contribution in [0.1, 0.15) is 12.0 Å². The molecule has 1 aliphatic rings. The zero-order valence-corrected chi connectivity index (χ0v) is 13.5. The normalized spacial score (nSPS) is 18.4. The van der Waals surface area contributed by atoms with Gasteiger partial charge < -0.3 is 10.1 Å². The monoisotopic (exact) mass is 313 g/mol. The van der Waals surface area contributed by atoms with Crippen LogP contribution in [0.2, 0.25) is 0 Å². The van der Waals surface area contributed by atoms with Crippen LogP contribution in [0.25, 0.3) is 10.8 Å². The van der Waals surface area contributed by atoms with Gasteiger partial charge in [-0.05, 0) is 35.9 Å². The summed E-state index contributed by atoms with van der Waals surface area (Å²) in [6.45, 7) is 3.92. The fraction of sp³-hybridized carbons (Fsp3) is 0.444. The van der Waals surface area contributed by atoms with Crippen molar-refractivity contribution < 1.29 is 9.53 Å². The molecule has 1 amide bonds. The number of hydrogen-bond acceptors (Lipinski definition) is 4. The van der Waals surface area contributed by atoms with Gasteiger partial charge in [0.15, 0.2) is 0 Å². The van der Waals surface area contributed by atoms with Crippen LogP contribution in [0.15, 0.2) is 36.7 Å². The molecule has 1 aromatic heterocycles. The number of carbonyl (C=O) groups is 1. The second kappa shape index (κ2) is 7.53. The summed E-state index contributed by atoms with van der Waals surface area (Å²) in [6.07, 6.45) is 4.89. The van der Waals surface area contributed by atoms with Gasteiger partial charge in [-0.25, -0.2) is 0 Å². The quantitative estimate of drug-likeness (QED) is 0.884. The molecular formula is C18H23N3O2. The summed E-state index contributed by atoms with van der Waals surface area (Å²) in [5.74, 6) is 0.486. The number of pyridine rings is 1. The number of likely N-dealkylation sites (tertiary alicyclic amines) is 1. The van der Waals surface area contributed by atoms with Crippen LogP contribution in [0.3, 0.4) is 0 Å². The molecule has 5 heteroatoms. The van der Waals surface area contributed by atoms with E-state index in [9.17, 15) is 4.79 Å². The highest BCUT2D eigenvalue weighted by Gasteiger charge is 2.23. The van der Waals surface area contributed by atoms with E-state index in [4.69, 9.17) is 4.74 Å². The minimum absolute atomic E-state index is 0.0347. The predicted octanol–water partition coefficient (Wildman–Crippen LogP) is 1.82. The first-order chi connectivity index (χ1) is 11.3. The molecule has 0 spiro atoms. The van der Waals surface area contributed by atoms with Gasteiger partial charge in [-0.2, -0.15) is 0 Å². The molecule has 122 valence electrons. The molecule has 1 saturated heterocycles. The van der Waals surface area contributed by atoms with Crippen molar-refractivity contribution in [1.29, 1.82) is 0 Å². The molecule has 1 fully saturated rings. The van der Waals surface area contributed by atoms with E-state index < -0.39 is 0 Å². The van der Waals surface area contributed by atoms with Crippen LogP contribution in [0.5, 0.6) is 0 Å². The van der Waals surface area contributed by atoms with E-state index in [-0.39, 0.29) is 12.5 Å². The Kier molecular flexibility index (Phi) is 5.20. The number of hydrogen-bond donors (Lipinski definition) is 1. The molecule has 1 unspecified atom stereocenters. The first-order valence-electron chi connectivity index (χ1n) is 8.06. The Morgan fingerprint density at radius 2 is 2.35 bits per heavy atom. The fourth-order valence-corrected chi connectivity index (χ4v) is 3.23. The largest absolute Gasteiger partial charge is 0.375 e. The maximum atomic E-state index is 11.5. The Labute approximate surface area is 136 Å². The number of benzene rings is 1. The van der Waals surface area contributed by atoms with Gasteiger partial charge in [-0.15, -0.1) is 0 Å². The number of nitrogens with zero attached hydrogens (tertiary/aromatic N) is 2. The second-order valence-corrected chi connectivity index (χ2v) is 6.14. The fourth-order valence-electron chi connectivity index (χ4n) is 3.23. The Bertz CT molecular complexity index is 669. The van der Waals surface area contributed by atoms with Gasteiger partial charge in [-0.3, -0.25) is 14.7 Å². The third kappa shape index (κ3) is 4.06.